The van der Waals surface area contributed by atoms with E-state index in [0.29, 0.717) is 0 Å². The Kier molecular flexibility index (Phi) is 4.94. The second-order valence-corrected chi connectivity index (χ2v) is 6.86. The van der Waals surface area contributed by atoms with Crippen LogP contribution in [0.15, 0.2) is 41.1 Å². The quantitative estimate of drug-likeness (QED) is 0.802. The number of benzene rings is 1. The van der Waals surface area contributed by atoms with Gasteiger partial charge >= 0.3 is 5.97 Å². The highest BCUT2D eigenvalue weighted by Crippen LogP contribution is 2.43. The van der Waals surface area contributed by atoms with Gasteiger partial charge in [-0.05, 0) is 58.8 Å². The minimum atomic E-state index is -0.962. The molecule has 1 saturated carbocycles. The summed E-state index contributed by atoms with van der Waals surface area (Å²) in [6.45, 7) is 0. The minimum absolute atomic E-state index is 0.163. The zero-order chi connectivity index (χ0) is 17.1. The Hall–Kier alpha value is -2.21. The van der Waals surface area contributed by atoms with Gasteiger partial charge in [-0.2, -0.15) is 11.3 Å². The maximum Gasteiger partial charge on any atom is 0.305 e. The van der Waals surface area contributed by atoms with Crippen LogP contribution in [0.1, 0.15) is 42.3 Å². The van der Waals surface area contributed by atoms with Crippen molar-refractivity contribution in [2.75, 3.05) is 0 Å². The Bertz CT molecular complexity index is 710. The lowest BCUT2D eigenvalue weighted by Crippen LogP contribution is -2.34. The number of amides is 1. The van der Waals surface area contributed by atoms with Crippen molar-refractivity contribution < 1.29 is 19.1 Å². The highest BCUT2D eigenvalue weighted by Gasteiger charge is 2.38. The van der Waals surface area contributed by atoms with Crippen molar-refractivity contribution in [2.24, 2.45) is 5.92 Å². The summed E-state index contributed by atoms with van der Waals surface area (Å²) in [6, 6.07) is 7.24. The molecule has 0 bridgehead atoms. The van der Waals surface area contributed by atoms with Crippen molar-refractivity contribution in [2.45, 2.75) is 31.2 Å². The molecule has 1 heterocycles. The van der Waals surface area contributed by atoms with Gasteiger partial charge in [0.2, 0.25) is 5.91 Å². The molecule has 0 radical (unpaired) electrons. The predicted molar refractivity (Wildman–Crippen MR) is 89.3 cm³/mol. The Morgan fingerprint density at radius 2 is 1.92 bits per heavy atom. The molecule has 1 aromatic carbocycles. The van der Waals surface area contributed by atoms with Crippen molar-refractivity contribution in [1.82, 2.24) is 5.32 Å². The molecule has 1 fully saturated rings. The molecule has 4 nitrogen and oxygen atoms in total. The third-order valence-corrected chi connectivity index (χ3v) is 4.95. The van der Waals surface area contributed by atoms with E-state index in [9.17, 15) is 14.0 Å². The molecule has 1 aromatic heterocycles. The van der Waals surface area contributed by atoms with Crippen LogP contribution in [-0.4, -0.2) is 17.0 Å². The predicted octanol–water partition coefficient (Wildman–Crippen LogP) is 3.71. The molecule has 0 saturated heterocycles. The van der Waals surface area contributed by atoms with Gasteiger partial charge in [0.1, 0.15) is 5.82 Å². The lowest BCUT2D eigenvalue weighted by atomic mass is 9.92. The third kappa shape index (κ3) is 4.00. The van der Waals surface area contributed by atoms with Crippen LogP contribution in [0.5, 0.6) is 0 Å². The number of carbonyl (C=O) groups excluding carboxylic acids is 1. The van der Waals surface area contributed by atoms with Gasteiger partial charge in [-0.1, -0.05) is 12.1 Å². The van der Waals surface area contributed by atoms with Gasteiger partial charge in [-0.25, -0.2) is 4.39 Å². The van der Waals surface area contributed by atoms with Gasteiger partial charge < -0.3 is 10.4 Å². The third-order valence-electron chi connectivity index (χ3n) is 4.25. The monoisotopic (exact) mass is 347 g/mol. The summed E-state index contributed by atoms with van der Waals surface area (Å²) >= 11 is 1.46. The van der Waals surface area contributed by atoms with Crippen molar-refractivity contribution in [1.29, 1.82) is 0 Å². The largest absolute Gasteiger partial charge is 0.481 e. The summed E-state index contributed by atoms with van der Waals surface area (Å²) in [6.07, 6.45) is 1.75. The molecule has 0 aliphatic heterocycles. The molecule has 24 heavy (non-hydrogen) atoms. The van der Waals surface area contributed by atoms with Crippen LogP contribution in [0.3, 0.4) is 0 Å². The number of rotatable bonds is 7. The summed E-state index contributed by atoms with van der Waals surface area (Å²) in [4.78, 5) is 23.9. The standard InChI is InChI=1S/C18H18FNO3S/c19-14-5-3-12(4-6-14)17(11-1-2-11)18(23)20-15(9-16(21)22)13-7-8-24-10-13/h3-8,10-11,15,17H,1-2,9H2,(H,20,23)(H,21,22). The lowest BCUT2D eigenvalue weighted by molar-refractivity contribution is -0.137. The van der Waals surface area contributed by atoms with E-state index >= 15 is 0 Å². The van der Waals surface area contributed by atoms with Gasteiger partial charge in [0.15, 0.2) is 0 Å². The van der Waals surface area contributed by atoms with Gasteiger partial charge in [0.05, 0.1) is 18.4 Å². The second-order valence-electron chi connectivity index (χ2n) is 6.08. The zero-order valence-electron chi connectivity index (χ0n) is 12.9. The number of hydrogen-bond donors (Lipinski definition) is 2. The first-order valence-electron chi connectivity index (χ1n) is 7.84. The van der Waals surface area contributed by atoms with Crippen LogP contribution in [0.2, 0.25) is 0 Å². The van der Waals surface area contributed by atoms with E-state index in [1.807, 2.05) is 16.8 Å². The molecule has 2 unspecified atom stereocenters. The molecule has 0 spiro atoms. The van der Waals surface area contributed by atoms with Crippen LogP contribution in [0.25, 0.3) is 0 Å². The summed E-state index contributed by atoms with van der Waals surface area (Å²) < 4.78 is 13.1. The molecular formula is C18H18FNO3S. The maximum atomic E-state index is 13.1. The van der Waals surface area contributed by atoms with E-state index < -0.39 is 12.0 Å². The van der Waals surface area contributed by atoms with Crippen molar-refractivity contribution >= 4 is 23.2 Å². The van der Waals surface area contributed by atoms with Crippen LogP contribution >= 0.6 is 11.3 Å². The van der Waals surface area contributed by atoms with Crippen molar-refractivity contribution in [3.63, 3.8) is 0 Å². The minimum Gasteiger partial charge on any atom is -0.481 e. The topological polar surface area (TPSA) is 66.4 Å². The van der Waals surface area contributed by atoms with Crippen molar-refractivity contribution in [3.05, 3.63) is 58.0 Å². The molecule has 2 N–H and O–H groups in total. The van der Waals surface area contributed by atoms with Crippen LogP contribution in [0, 0.1) is 11.7 Å². The number of aliphatic carboxylic acids is 1. The number of carbonyl (C=O) groups is 2. The van der Waals surface area contributed by atoms with E-state index in [1.165, 1.54) is 23.5 Å². The van der Waals surface area contributed by atoms with Gasteiger partial charge in [0.25, 0.3) is 0 Å². The fourth-order valence-corrected chi connectivity index (χ4v) is 3.61. The SMILES string of the molecule is O=C(O)CC(NC(=O)C(c1ccc(F)cc1)C1CC1)c1ccsc1. The summed E-state index contributed by atoms with van der Waals surface area (Å²) in [5.41, 5.74) is 1.57. The molecule has 126 valence electrons. The normalized spacial score (nSPS) is 16.4. The number of carboxylic acids is 1. The average Bonchev–Trinajstić information content (AvgIpc) is 3.20. The number of hydrogen-bond acceptors (Lipinski definition) is 3. The molecule has 1 aliphatic carbocycles. The summed E-state index contributed by atoms with van der Waals surface area (Å²) in [7, 11) is 0. The number of carboxylic acid groups (broad SMARTS) is 1. The van der Waals surface area contributed by atoms with E-state index in [2.05, 4.69) is 5.32 Å². The Labute approximate surface area is 143 Å². The van der Waals surface area contributed by atoms with Gasteiger partial charge in [-0.3, -0.25) is 9.59 Å². The van der Waals surface area contributed by atoms with E-state index in [0.717, 1.165) is 24.0 Å². The Morgan fingerprint density at radius 3 is 2.46 bits per heavy atom. The van der Waals surface area contributed by atoms with Crippen LogP contribution in [0.4, 0.5) is 4.39 Å². The first-order valence-corrected chi connectivity index (χ1v) is 8.78. The smallest absolute Gasteiger partial charge is 0.305 e. The molecular weight excluding hydrogens is 329 g/mol. The molecule has 3 rings (SSSR count). The van der Waals surface area contributed by atoms with Gasteiger partial charge in [-0.15, -0.1) is 0 Å². The molecule has 1 amide bonds. The second kappa shape index (κ2) is 7.13. The maximum absolute atomic E-state index is 13.1. The van der Waals surface area contributed by atoms with E-state index in [4.69, 9.17) is 5.11 Å². The molecule has 1 aliphatic rings. The number of halogens is 1. The first-order chi connectivity index (χ1) is 11.5. The first kappa shape index (κ1) is 16.6. The highest BCUT2D eigenvalue weighted by atomic mass is 32.1. The van der Waals surface area contributed by atoms with Crippen LogP contribution in [-0.2, 0) is 9.59 Å². The molecule has 2 aromatic rings. The lowest BCUT2D eigenvalue weighted by Gasteiger charge is -2.22. The van der Waals surface area contributed by atoms with Gasteiger partial charge in [0, 0.05) is 0 Å². The summed E-state index contributed by atoms with van der Waals surface area (Å²) in [5.74, 6) is -1.61. The highest BCUT2D eigenvalue weighted by molar-refractivity contribution is 7.08. The molecule has 2 atom stereocenters. The number of nitrogens with one attached hydrogen (secondary N) is 1. The number of thiophene rings is 1. The summed E-state index contributed by atoms with van der Waals surface area (Å²) in [5, 5.41) is 15.7. The fourth-order valence-electron chi connectivity index (χ4n) is 2.90. The average molecular weight is 347 g/mol. The Morgan fingerprint density at radius 1 is 1.21 bits per heavy atom. The van der Waals surface area contributed by atoms with Crippen molar-refractivity contribution in [3.8, 4) is 0 Å². The zero-order valence-corrected chi connectivity index (χ0v) is 13.8. The fraction of sp³-hybridized carbons (Fsp3) is 0.333. The van der Waals surface area contributed by atoms with E-state index in [-0.39, 0.29) is 30.0 Å². The molecule has 6 heteroatoms. The van der Waals surface area contributed by atoms with Crippen LogP contribution < -0.4 is 5.32 Å². The Balaban J connectivity index is 1.79. The van der Waals surface area contributed by atoms with E-state index in [1.54, 1.807) is 12.1 Å².